The first kappa shape index (κ1) is 22.1. The van der Waals surface area contributed by atoms with E-state index in [9.17, 15) is 12.8 Å². The SMILES string of the molecule is CSc1ccc(C2CC(C)(S(=O)(=O)c3cccc(OC(C)C)c3)CCO2)c(F)c1. The molecule has 2 aromatic rings. The number of rotatable bonds is 6. The van der Waals surface area contributed by atoms with Gasteiger partial charge in [0.25, 0.3) is 0 Å². The number of hydrogen-bond donors (Lipinski definition) is 0. The second kappa shape index (κ2) is 8.66. The Morgan fingerprint density at radius 1 is 1.24 bits per heavy atom. The number of hydrogen-bond acceptors (Lipinski definition) is 5. The molecule has 2 atom stereocenters. The number of ether oxygens (including phenoxy) is 2. The molecule has 4 nitrogen and oxygen atoms in total. The van der Waals surface area contributed by atoms with Crippen LogP contribution in [0.4, 0.5) is 4.39 Å². The van der Waals surface area contributed by atoms with Gasteiger partial charge in [0.15, 0.2) is 9.84 Å². The third kappa shape index (κ3) is 4.62. The smallest absolute Gasteiger partial charge is 0.184 e. The van der Waals surface area contributed by atoms with Crippen LogP contribution in [0.25, 0.3) is 0 Å². The molecule has 158 valence electrons. The molecule has 2 aromatic carbocycles. The third-order valence-electron chi connectivity index (χ3n) is 5.26. The van der Waals surface area contributed by atoms with Gasteiger partial charge in [-0.25, -0.2) is 12.8 Å². The van der Waals surface area contributed by atoms with Crippen LogP contribution in [0.2, 0.25) is 0 Å². The molecule has 1 aliphatic heterocycles. The summed E-state index contributed by atoms with van der Waals surface area (Å²) in [5.41, 5.74) is 0.404. The van der Waals surface area contributed by atoms with Crippen LogP contribution < -0.4 is 4.74 Å². The van der Waals surface area contributed by atoms with E-state index in [2.05, 4.69) is 0 Å². The zero-order chi connectivity index (χ0) is 21.2. The summed E-state index contributed by atoms with van der Waals surface area (Å²) in [6, 6.07) is 11.6. The van der Waals surface area contributed by atoms with Crippen molar-refractivity contribution in [2.45, 2.75) is 60.4 Å². The normalized spacial score (nSPS) is 22.6. The Morgan fingerprint density at radius 3 is 2.66 bits per heavy atom. The van der Waals surface area contributed by atoms with E-state index in [0.29, 0.717) is 17.7 Å². The topological polar surface area (TPSA) is 52.6 Å². The van der Waals surface area contributed by atoms with Crippen LogP contribution in [0.3, 0.4) is 0 Å². The molecule has 0 N–H and O–H groups in total. The van der Waals surface area contributed by atoms with Gasteiger partial charge >= 0.3 is 0 Å². The fraction of sp³-hybridized carbons (Fsp3) is 0.455. The lowest BCUT2D eigenvalue weighted by Gasteiger charge is -2.38. The Balaban J connectivity index is 1.91. The van der Waals surface area contributed by atoms with E-state index in [-0.39, 0.29) is 29.8 Å². The van der Waals surface area contributed by atoms with E-state index in [0.717, 1.165) is 4.90 Å². The van der Waals surface area contributed by atoms with Gasteiger partial charge in [-0.1, -0.05) is 12.1 Å². The molecule has 29 heavy (non-hydrogen) atoms. The van der Waals surface area contributed by atoms with Crippen molar-refractivity contribution in [3.05, 3.63) is 53.8 Å². The molecule has 0 bridgehead atoms. The predicted molar refractivity (Wildman–Crippen MR) is 114 cm³/mol. The molecule has 1 heterocycles. The molecule has 1 aliphatic rings. The van der Waals surface area contributed by atoms with Crippen LogP contribution in [-0.2, 0) is 14.6 Å². The standard InChI is InChI=1S/C22H27FO4S2/c1-15(2)27-16-6-5-7-18(12-16)29(24,25)22(3)10-11-26-21(14-22)19-9-8-17(28-4)13-20(19)23/h5-9,12-13,15,21H,10-11,14H2,1-4H3. The fourth-order valence-corrected chi connectivity index (χ4v) is 5.83. The predicted octanol–water partition coefficient (Wildman–Crippen LogP) is 5.42. The average molecular weight is 439 g/mol. The maximum Gasteiger partial charge on any atom is 0.184 e. The Kier molecular flexibility index (Phi) is 6.61. The molecule has 3 rings (SSSR count). The second-order valence-electron chi connectivity index (χ2n) is 7.80. The van der Waals surface area contributed by atoms with E-state index in [1.165, 1.54) is 17.8 Å². The van der Waals surface area contributed by atoms with Gasteiger partial charge in [0.1, 0.15) is 11.6 Å². The number of sulfone groups is 1. The van der Waals surface area contributed by atoms with Crippen LogP contribution in [0.1, 0.15) is 45.3 Å². The average Bonchev–Trinajstić information content (AvgIpc) is 2.67. The maximum atomic E-state index is 14.6. The van der Waals surface area contributed by atoms with E-state index in [4.69, 9.17) is 9.47 Å². The zero-order valence-corrected chi connectivity index (χ0v) is 18.8. The van der Waals surface area contributed by atoms with Crippen LogP contribution in [0.5, 0.6) is 5.75 Å². The first-order chi connectivity index (χ1) is 13.7. The van der Waals surface area contributed by atoms with Crippen LogP contribution in [0.15, 0.2) is 52.3 Å². The first-order valence-corrected chi connectivity index (χ1v) is 12.3. The van der Waals surface area contributed by atoms with Gasteiger partial charge in [-0.15, -0.1) is 11.8 Å². The molecule has 1 fully saturated rings. The van der Waals surface area contributed by atoms with Crippen molar-refractivity contribution in [3.63, 3.8) is 0 Å². The maximum absolute atomic E-state index is 14.6. The minimum absolute atomic E-state index is 0.0526. The Labute approximate surface area is 176 Å². The van der Waals surface area contributed by atoms with Crippen LogP contribution in [-0.4, -0.2) is 32.1 Å². The largest absolute Gasteiger partial charge is 0.491 e. The Bertz CT molecular complexity index is 975. The van der Waals surface area contributed by atoms with Gasteiger partial charge in [-0.05, 0) is 70.2 Å². The van der Waals surface area contributed by atoms with E-state index in [1.54, 1.807) is 37.3 Å². The van der Waals surface area contributed by atoms with E-state index in [1.807, 2.05) is 26.2 Å². The van der Waals surface area contributed by atoms with Gasteiger partial charge in [0, 0.05) is 17.1 Å². The highest BCUT2D eigenvalue weighted by molar-refractivity contribution is 7.98. The Hall–Kier alpha value is -1.57. The minimum Gasteiger partial charge on any atom is -0.491 e. The molecule has 1 saturated heterocycles. The lowest BCUT2D eigenvalue weighted by Crippen LogP contribution is -2.42. The molecular weight excluding hydrogens is 411 g/mol. The molecule has 0 radical (unpaired) electrons. The zero-order valence-electron chi connectivity index (χ0n) is 17.1. The number of benzene rings is 2. The summed E-state index contributed by atoms with van der Waals surface area (Å²) in [6.07, 6.45) is 1.77. The summed E-state index contributed by atoms with van der Waals surface area (Å²) in [4.78, 5) is 1.04. The third-order valence-corrected chi connectivity index (χ3v) is 8.53. The molecule has 0 amide bonds. The highest BCUT2D eigenvalue weighted by Gasteiger charge is 2.45. The molecule has 0 aromatic heterocycles. The van der Waals surface area contributed by atoms with Crippen molar-refractivity contribution in [3.8, 4) is 5.75 Å². The molecule has 0 spiro atoms. The molecule has 0 saturated carbocycles. The van der Waals surface area contributed by atoms with Crippen molar-refractivity contribution in [2.24, 2.45) is 0 Å². The van der Waals surface area contributed by atoms with Crippen molar-refractivity contribution in [1.82, 2.24) is 0 Å². The lowest BCUT2D eigenvalue weighted by molar-refractivity contribution is -0.00168. The molecular formula is C22H27FO4S2. The summed E-state index contributed by atoms with van der Waals surface area (Å²) in [7, 11) is -3.67. The van der Waals surface area contributed by atoms with Crippen molar-refractivity contribution < 1.29 is 22.3 Å². The Morgan fingerprint density at radius 2 is 2.00 bits per heavy atom. The van der Waals surface area contributed by atoms with Crippen molar-refractivity contribution >= 4 is 21.6 Å². The van der Waals surface area contributed by atoms with Gasteiger partial charge in [0.05, 0.1) is 21.9 Å². The number of halogens is 1. The van der Waals surface area contributed by atoms with Crippen LogP contribution in [0, 0.1) is 5.82 Å². The fourth-order valence-electron chi connectivity index (χ4n) is 3.58. The monoisotopic (exact) mass is 438 g/mol. The van der Waals surface area contributed by atoms with E-state index < -0.39 is 20.7 Å². The second-order valence-corrected chi connectivity index (χ2v) is 11.1. The summed E-state index contributed by atoms with van der Waals surface area (Å²) in [6.45, 7) is 5.76. The lowest BCUT2D eigenvalue weighted by atomic mass is 9.92. The van der Waals surface area contributed by atoms with Gasteiger partial charge in [-0.2, -0.15) is 0 Å². The van der Waals surface area contributed by atoms with Crippen molar-refractivity contribution in [2.75, 3.05) is 12.9 Å². The van der Waals surface area contributed by atoms with Gasteiger partial charge in [-0.3, -0.25) is 0 Å². The molecule has 2 unspecified atom stereocenters. The summed E-state index contributed by atoms with van der Waals surface area (Å²) in [5.74, 6) is 0.155. The highest BCUT2D eigenvalue weighted by Crippen LogP contribution is 2.43. The van der Waals surface area contributed by atoms with Crippen molar-refractivity contribution in [1.29, 1.82) is 0 Å². The molecule has 7 heteroatoms. The number of thioether (sulfide) groups is 1. The van der Waals surface area contributed by atoms with Crippen LogP contribution >= 0.6 is 11.8 Å². The van der Waals surface area contributed by atoms with Gasteiger partial charge < -0.3 is 9.47 Å². The van der Waals surface area contributed by atoms with Gasteiger partial charge in [0.2, 0.25) is 0 Å². The minimum atomic E-state index is -3.67. The summed E-state index contributed by atoms with van der Waals surface area (Å²) < 4.78 is 52.0. The first-order valence-electron chi connectivity index (χ1n) is 9.63. The summed E-state index contributed by atoms with van der Waals surface area (Å²) >= 11 is 1.46. The highest BCUT2D eigenvalue weighted by atomic mass is 32.2. The summed E-state index contributed by atoms with van der Waals surface area (Å²) in [5, 5.41) is 0. The molecule has 0 aliphatic carbocycles. The quantitative estimate of drug-likeness (QED) is 0.564. The van der Waals surface area contributed by atoms with E-state index >= 15 is 0 Å².